The molecule has 3 aromatic rings. The van der Waals surface area contributed by atoms with Gasteiger partial charge in [0.25, 0.3) is 5.91 Å². The molecule has 7 nitrogen and oxygen atoms in total. The Kier molecular flexibility index (Phi) is 5.19. The van der Waals surface area contributed by atoms with Crippen LogP contribution in [0.5, 0.6) is 0 Å². The van der Waals surface area contributed by atoms with Crippen molar-refractivity contribution in [3.05, 3.63) is 71.2 Å². The maximum Gasteiger partial charge on any atom is 0.328 e. The molecular formula is C26H27FN4O3. The second-order valence-electron chi connectivity index (χ2n) is 9.49. The molecule has 1 saturated heterocycles. The topological polar surface area (TPSA) is 85.5 Å². The molecule has 2 unspecified atom stereocenters. The highest BCUT2D eigenvalue weighted by Gasteiger charge is 2.61. The maximum absolute atomic E-state index is 13.9. The van der Waals surface area contributed by atoms with Crippen LogP contribution in [0.2, 0.25) is 0 Å². The summed E-state index contributed by atoms with van der Waals surface area (Å²) >= 11 is 0. The Hall–Kier alpha value is -3.68. The van der Waals surface area contributed by atoms with Gasteiger partial charge in [0.05, 0.1) is 5.69 Å². The first-order valence-corrected chi connectivity index (χ1v) is 11.5. The fourth-order valence-corrected chi connectivity index (χ4v) is 5.28. The Morgan fingerprint density at radius 1 is 1.15 bits per heavy atom. The number of amides is 4. The van der Waals surface area contributed by atoms with Gasteiger partial charge in [-0.1, -0.05) is 44.2 Å². The number of fused-ring (bicyclic) bond motifs is 5. The summed E-state index contributed by atoms with van der Waals surface area (Å²) in [6.07, 6.45) is 0.630. The number of imide groups is 1. The molecule has 2 aromatic carbocycles. The minimum atomic E-state index is -1.20. The lowest BCUT2D eigenvalue weighted by molar-refractivity contribution is -0.140. The molecule has 34 heavy (non-hydrogen) atoms. The molecule has 2 aliphatic rings. The van der Waals surface area contributed by atoms with E-state index in [9.17, 15) is 18.8 Å². The smallest absolute Gasteiger partial charge is 0.328 e. The number of H-pyrrole nitrogens is 1. The molecule has 2 atom stereocenters. The minimum Gasteiger partial charge on any atom is -0.356 e. The van der Waals surface area contributed by atoms with Crippen molar-refractivity contribution in [2.75, 3.05) is 6.54 Å². The zero-order valence-corrected chi connectivity index (χ0v) is 19.4. The standard InChI is InChI=1S/C26H27FN4O3/c1-15(2)21(23(32)28-14-16-8-10-17(27)11-9-16)31-24(33)26(3)22-19(12-13-30(26)25(31)34)18-6-4-5-7-20(18)29-22/h4-11,15,21,29H,12-14H2,1-3H3,(H,28,32). The summed E-state index contributed by atoms with van der Waals surface area (Å²) in [5.74, 6) is -1.47. The van der Waals surface area contributed by atoms with E-state index in [1.54, 1.807) is 24.0 Å². The number of nitrogens with zero attached hydrogens (tertiary/aromatic N) is 2. The van der Waals surface area contributed by atoms with Gasteiger partial charge in [0, 0.05) is 24.0 Å². The second kappa shape index (κ2) is 7.97. The number of aromatic amines is 1. The average Bonchev–Trinajstić information content (AvgIpc) is 3.29. The highest BCUT2D eigenvalue weighted by atomic mass is 19.1. The van der Waals surface area contributed by atoms with Gasteiger partial charge in [0.2, 0.25) is 5.91 Å². The predicted octanol–water partition coefficient (Wildman–Crippen LogP) is 3.68. The van der Waals surface area contributed by atoms with Crippen molar-refractivity contribution in [3.8, 4) is 0 Å². The Bertz CT molecular complexity index is 1300. The highest BCUT2D eigenvalue weighted by molar-refractivity contribution is 6.11. The number of carbonyl (C=O) groups excluding carboxylic acids is 3. The van der Waals surface area contributed by atoms with Crippen molar-refractivity contribution in [2.45, 2.75) is 45.3 Å². The first-order chi connectivity index (χ1) is 16.2. The van der Waals surface area contributed by atoms with Gasteiger partial charge in [0.1, 0.15) is 11.9 Å². The molecule has 0 bridgehead atoms. The van der Waals surface area contributed by atoms with E-state index in [2.05, 4.69) is 10.3 Å². The van der Waals surface area contributed by atoms with E-state index in [-0.39, 0.29) is 18.3 Å². The number of benzene rings is 2. The lowest BCUT2D eigenvalue weighted by Gasteiger charge is -2.36. The van der Waals surface area contributed by atoms with Gasteiger partial charge in [-0.15, -0.1) is 0 Å². The summed E-state index contributed by atoms with van der Waals surface area (Å²) in [6, 6.07) is 12.3. The van der Waals surface area contributed by atoms with Gasteiger partial charge in [-0.2, -0.15) is 0 Å². The summed E-state index contributed by atoms with van der Waals surface area (Å²) in [6.45, 7) is 5.96. The van der Waals surface area contributed by atoms with Crippen molar-refractivity contribution < 1.29 is 18.8 Å². The van der Waals surface area contributed by atoms with Crippen molar-refractivity contribution in [3.63, 3.8) is 0 Å². The number of nitrogens with one attached hydrogen (secondary N) is 2. The van der Waals surface area contributed by atoms with Gasteiger partial charge in [-0.25, -0.2) is 14.1 Å². The molecule has 2 N–H and O–H groups in total. The predicted molar refractivity (Wildman–Crippen MR) is 125 cm³/mol. The molecule has 2 aliphatic heterocycles. The SMILES string of the molecule is CC(C)C(C(=O)NCc1ccc(F)cc1)N1C(=O)N2CCc3c([nH]c4ccccc34)C2(C)C1=O. The highest BCUT2D eigenvalue weighted by Crippen LogP contribution is 2.45. The molecule has 1 fully saturated rings. The van der Waals surface area contributed by atoms with Crippen LogP contribution in [-0.2, 0) is 28.1 Å². The number of para-hydroxylation sites is 1. The van der Waals surface area contributed by atoms with E-state index >= 15 is 0 Å². The van der Waals surface area contributed by atoms with Gasteiger partial charge in [-0.05, 0) is 48.6 Å². The minimum absolute atomic E-state index is 0.172. The Labute approximate surface area is 196 Å². The summed E-state index contributed by atoms with van der Waals surface area (Å²) in [4.78, 5) is 46.8. The zero-order chi connectivity index (χ0) is 24.2. The van der Waals surface area contributed by atoms with Crippen molar-refractivity contribution >= 4 is 28.7 Å². The van der Waals surface area contributed by atoms with E-state index < -0.39 is 29.4 Å². The van der Waals surface area contributed by atoms with Crippen molar-refractivity contribution in [1.82, 2.24) is 20.1 Å². The summed E-state index contributed by atoms with van der Waals surface area (Å²) in [7, 11) is 0. The van der Waals surface area contributed by atoms with Crippen LogP contribution in [0.15, 0.2) is 48.5 Å². The summed E-state index contributed by atoms with van der Waals surface area (Å²) in [5.41, 5.74) is 2.21. The maximum atomic E-state index is 13.9. The lowest BCUT2D eigenvalue weighted by atomic mass is 9.86. The summed E-state index contributed by atoms with van der Waals surface area (Å²) in [5, 5.41) is 3.87. The summed E-state index contributed by atoms with van der Waals surface area (Å²) < 4.78 is 13.2. The zero-order valence-electron chi connectivity index (χ0n) is 19.4. The molecular weight excluding hydrogens is 435 g/mol. The molecule has 0 radical (unpaired) electrons. The normalized spacial score (nSPS) is 20.6. The van der Waals surface area contributed by atoms with Gasteiger partial charge in [-0.3, -0.25) is 9.59 Å². The van der Waals surface area contributed by atoms with E-state index in [4.69, 9.17) is 0 Å². The van der Waals surface area contributed by atoms with Gasteiger partial charge in [0.15, 0.2) is 5.54 Å². The quantitative estimate of drug-likeness (QED) is 0.567. The van der Waals surface area contributed by atoms with Crippen molar-refractivity contribution in [2.24, 2.45) is 5.92 Å². The fraction of sp³-hybridized carbons (Fsp3) is 0.346. The Morgan fingerprint density at radius 2 is 1.85 bits per heavy atom. The molecule has 8 heteroatoms. The average molecular weight is 463 g/mol. The van der Waals surface area contributed by atoms with Crippen LogP contribution in [0, 0.1) is 11.7 Å². The van der Waals surface area contributed by atoms with E-state index in [0.717, 1.165) is 32.6 Å². The number of carbonyl (C=O) groups is 3. The van der Waals surface area contributed by atoms with Gasteiger partial charge >= 0.3 is 6.03 Å². The van der Waals surface area contributed by atoms with Gasteiger partial charge < -0.3 is 15.2 Å². The Balaban J connectivity index is 1.47. The van der Waals surface area contributed by atoms with Crippen LogP contribution in [-0.4, -0.2) is 45.2 Å². The molecule has 4 amide bonds. The van der Waals surface area contributed by atoms with Crippen LogP contribution >= 0.6 is 0 Å². The molecule has 0 aliphatic carbocycles. The number of urea groups is 1. The molecule has 3 heterocycles. The Morgan fingerprint density at radius 3 is 2.56 bits per heavy atom. The monoisotopic (exact) mass is 462 g/mol. The molecule has 5 rings (SSSR count). The van der Waals surface area contributed by atoms with Crippen LogP contribution in [0.4, 0.5) is 9.18 Å². The van der Waals surface area contributed by atoms with Crippen LogP contribution in [0.3, 0.4) is 0 Å². The molecule has 1 aromatic heterocycles. The van der Waals surface area contributed by atoms with Crippen LogP contribution in [0.25, 0.3) is 10.9 Å². The third-order valence-electron chi connectivity index (χ3n) is 7.06. The lowest BCUT2D eigenvalue weighted by Crippen LogP contribution is -2.53. The van der Waals surface area contributed by atoms with E-state index in [0.29, 0.717) is 13.0 Å². The number of hydrogen-bond donors (Lipinski definition) is 2. The number of hydrogen-bond acceptors (Lipinski definition) is 3. The number of rotatable bonds is 5. The third kappa shape index (κ3) is 3.20. The molecule has 176 valence electrons. The fourth-order valence-electron chi connectivity index (χ4n) is 5.28. The molecule has 0 spiro atoms. The van der Waals surface area contributed by atoms with E-state index in [1.807, 2.05) is 38.1 Å². The van der Waals surface area contributed by atoms with Crippen molar-refractivity contribution in [1.29, 1.82) is 0 Å². The van der Waals surface area contributed by atoms with Crippen LogP contribution in [0.1, 0.15) is 37.6 Å². The first kappa shape index (κ1) is 22.1. The number of halogens is 1. The van der Waals surface area contributed by atoms with Crippen LogP contribution < -0.4 is 5.32 Å². The number of aromatic nitrogens is 1. The molecule has 0 saturated carbocycles. The first-order valence-electron chi connectivity index (χ1n) is 11.5. The second-order valence-corrected chi connectivity index (χ2v) is 9.49. The van der Waals surface area contributed by atoms with E-state index in [1.165, 1.54) is 12.1 Å². The third-order valence-corrected chi connectivity index (χ3v) is 7.06. The largest absolute Gasteiger partial charge is 0.356 e.